The Labute approximate surface area is 196 Å². The zero-order valence-corrected chi connectivity index (χ0v) is 19.0. The molecule has 0 radical (unpaired) electrons. The van der Waals surface area contributed by atoms with Crippen molar-refractivity contribution < 1.29 is 33.4 Å². The smallest absolute Gasteiger partial charge is 0.335 e. The number of halogens is 1. The third-order valence-corrected chi connectivity index (χ3v) is 6.02. The fourth-order valence-electron chi connectivity index (χ4n) is 4.08. The van der Waals surface area contributed by atoms with Gasteiger partial charge < -0.3 is 15.2 Å². The molecule has 1 heterocycles. The van der Waals surface area contributed by atoms with Crippen LogP contribution in [0.3, 0.4) is 0 Å². The molecule has 0 bridgehead atoms. The number of rotatable bonds is 8. The molecule has 1 fully saturated rings. The first kappa shape index (κ1) is 24.9. The van der Waals surface area contributed by atoms with Gasteiger partial charge in [0, 0.05) is 13.0 Å². The summed E-state index contributed by atoms with van der Waals surface area (Å²) in [6.07, 6.45) is 0.659. The van der Waals surface area contributed by atoms with Crippen LogP contribution in [0, 0.1) is 11.7 Å². The monoisotopic (exact) mass is 470 g/mol. The molecule has 3 amide bonds. The van der Waals surface area contributed by atoms with Gasteiger partial charge in [-0.25, -0.2) is 9.18 Å². The number of hydrogen-bond acceptors (Lipinski definition) is 5. The van der Waals surface area contributed by atoms with Gasteiger partial charge in [0.15, 0.2) is 0 Å². The van der Waals surface area contributed by atoms with Gasteiger partial charge in [-0.3, -0.25) is 19.3 Å². The number of hydrogen-bond donors (Lipinski definition) is 2. The van der Waals surface area contributed by atoms with Crippen molar-refractivity contribution in [2.45, 2.75) is 32.1 Å². The van der Waals surface area contributed by atoms with Gasteiger partial charge in [0.05, 0.1) is 18.6 Å². The van der Waals surface area contributed by atoms with Crippen molar-refractivity contribution in [3.05, 3.63) is 65.0 Å². The molecular formula is C25H27FN2O6. The fraction of sp³-hybridized carbons (Fsp3) is 0.360. The molecule has 34 heavy (non-hydrogen) atoms. The van der Waals surface area contributed by atoms with E-state index in [4.69, 9.17) is 9.84 Å². The maximum atomic E-state index is 13.8. The quantitative estimate of drug-likeness (QED) is 0.614. The number of carbonyl (C=O) groups excluding carboxylic acids is 3. The molecule has 2 aromatic carbocycles. The molecule has 3 rings (SSSR count). The summed E-state index contributed by atoms with van der Waals surface area (Å²) in [5, 5.41) is 11.7. The minimum Gasteiger partial charge on any atom is -0.496 e. The second-order valence-electron chi connectivity index (χ2n) is 8.22. The molecule has 180 valence electrons. The van der Waals surface area contributed by atoms with E-state index in [9.17, 15) is 23.6 Å². The van der Waals surface area contributed by atoms with Crippen LogP contribution in [0.15, 0.2) is 42.5 Å². The van der Waals surface area contributed by atoms with Crippen LogP contribution < -0.4 is 10.1 Å². The van der Waals surface area contributed by atoms with Gasteiger partial charge in [-0.1, -0.05) is 19.1 Å². The summed E-state index contributed by atoms with van der Waals surface area (Å²) in [6, 6.07) is 10.2. The van der Waals surface area contributed by atoms with E-state index in [1.807, 2.05) is 6.92 Å². The predicted octanol–water partition coefficient (Wildman–Crippen LogP) is 2.76. The van der Waals surface area contributed by atoms with Gasteiger partial charge in [0.1, 0.15) is 18.1 Å². The first-order chi connectivity index (χ1) is 16.2. The third-order valence-electron chi connectivity index (χ3n) is 6.02. The van der Waals surface area contributed by atoms with Crippen molar-refractivity contribution in [2.75, 3.05) is 20.2 Å². The van der Waals surface area contributed by atoms with Crippen molar-refractivity contribution in [3.8, 4) is 5.75 Å². The van der Waals surface area contributed by atoms with Crippen LogP contribution in [0.2, 0.25) is 0 Å². The van der Waals surface area contributed by atoms with Gasteiger partial charge in [0.25, 0.3) is 0 Å². The molecule has 0 saturated carbocycles. The average Bonchev–Trinajstić information content (AvgIpc) is 2.96. The van der Waals surface area contributed by atoms with E-state index in [1.54, 1.807) is 12.1 Å². The molecule has 2 atom stereocenters. The lowest BCUT2D eigenvalue weighted by Crippen LogP contribution is -2.43. The molecule has 0 aliphatic carbocycles. The third kappa shape index (κ3) is 5.78. The van der Waals surface area contributed by atoms with Crippen LogP contribution in [0.25, 0.3) is 0 Å². The van der Waals surface area contributed by atoms with Gasteiger partial charge >= 0.3 is 5.97 Å². The number of ether oxygens (including phenoxy) is 1. The first-order valence-electron chi connectivity index (χ1n) is 11.0. The summed E-state index contributed by atoms with van der Waals surface area (Å²) in [6.45, 7) is 1.52. The molecule has 0 spiro atoms. The lowest BCUT2D eigenvalue weighted by molar-refractivity contribution is -0.148. The fourth-order valence-corrected chi connectivity index (χ4v) is 4.08. The Morgan fingerprint density at radius 3 is 2.53 bits per heavy atom. The Bertz CT molecular complexity index is 1090. The molecule has 9 heteroatoms. The number of nitrogens with zero attached hydrogens (tertiary/aromatic N) is 1. The second kappa shape index (κ2) is 10.9. The average molecular weight is 470 g/mol. The number of benzene rings is 2. The maximum Gasteiger partial charge on any atom is 0.335 e. The first-order valence-corrected chi connectivity index (χ1v) is 11.0. The topological polar surface area (TPSA) is 113 Å². The number of carboxylic acid groups (broad SMARTS) is 1. The van der Waals surface area contributed by atoms with Crippen LogP contribution in [0.1, 0.15) is 47.2 Å². The largest absolute Gasteiger partial charge is 0.496 e. The standard InChI is InChI=1S/C25H27FN2O6/c1-3-15(16-4-6-17(7-5-16)25(32)33)12-23(30)28-14-22(29)27-13-19(24(28)31)10-18-11-20(26)8-9-21(18)34-2/h4-9,11,15,19H,3,10,12-14H2,1-2H3,(H,27,29)(H,32,33)/t15-,19-/m0/s1. The number of amides is 3. The van der Waals surface area contributed by atoms with E-state index < -0.39 is 35.4 Å². The van der Waals surface area contributed by atoms with Gasteiger partial charge in [-0.2, -0.15) is 0 Å². The lowest BCUT2D eigenvalue weighted by atomic mass is 9.91. The van der Waals surface area contributed by atoms with Crippen molar-refractivity contribution in [1.29, 1.82) is 0 Å². The number of aromatic carboxylic acids is 1. The van der Waals surface area contributed by atoms with E-state index in [-0.39, 0.29) is 37.4 Å². The Morgan fingerprint density at radius 2 is 1.91 bits per heavy atom. The Morgan fingerprint density at radius 1 is 1.21 bits per heavy atom. The normalized spacial score (nSPS) is 17.0. The highest BCUT2D eigenvalue weighted by Gasteiger charge is 2.35. The summed E-state index contributed by atoms with van der Waals surface area (Å²) >= 11 is 0. The molecule has 1 saturated heterocycles. The zero-order chi connectivity index (χ0) is 24.8. The van der Waals surface area contributed by atoms with Crippen LogP contribution in [-0.4, -0.2) is 53.9 Å². The van der Waals surface area contributed by atoms with Crippen LogP contribution in [0.5, 0.6) is 5.75 Å². The minimum absolute atomic E-state index is 0.0159. The summed E-state index contributed by atoms with van der Waals surface area (Å²) in [7, 11) is 1.44. The summed E-state index contributed by atoms with van der Waals surface area (Å²) in [5.41, 5.74) is 1.38. The molecule has 1 aliphatic heterocycles. The minimum atomic E-state index is -1.04. The molecule has 8 nitrogen and oxygen atoms in total. The van der Waals surface area contributed by atoms with Gasteiger partial charge in [0.2, 0.25) is 17.7 Å². The van der Waals surface area contributed by atoms with Crippen molar-refractivity contribution in [3.63, 3.8) is 0 Å². The van der Waals surface area contributed by atoms with Crippen molar-refractivity contribution in [1.82, 2.24) is 10.2 Å². The maximum absolute atomic E-state index is 13.8. The molecule has 0 aromatic heterocycles. The van der Waals surface area contributed by atoms with E-state index in [2.05, 4.69) is 5.32 Å². The molecule has 2 aromatic rings. The number of methoxy groups -OCH3 is 1. The van der Waals surface area contributed by atoms with Crippen LogP contribution in [-0.2, 0) is 20.8 Å². The molecular weight excluding hydrogens is 443 g/mol. The molecule has 1 aliphatic rings. The molecule has 0 unspecified atom stereocenters. The highest BCUT2D eigenvalue weighted by molar-refractivity contribution is 6.01. The van der Waals surface area contributed by atoms with E-state index in [0.29, 0.717) is 17.7 Å². The van der Waals surface area contributed by atoms with E-state index >= 15 is 0 Å². The SMILES string of the molecule is CC[C@@H](CC(=O)N1CC(=O)NC[C@H](Cc2cc(F)ccc2OC)C1=O)c1ccc(C(=O)O)cc1. The van der Waals surface area contributed by atoms with E-state index in [0.717, 1.165) is 10.5 Å². The summed E-state index contributed by atoms with van der Waals surface area (Å²) < 4.78 is 19.0. The second-order valence-corrected chi connectivity index (χ2v) is 8.22. The number of imide groups is 1. The highest BCUT2D eigenvalue weighted by atomic mass is 19.1. The van der Waals surface area contributed by atoms with Crippen molar-refractivity contribution >= 4 is 23.7 Å². The summed E-state index contributed by atoms with van der Waals surface area (Å²) in [5.74, 6) is -3.57. The zero-order valence-electron chi connectivity index (χ0n) is 19.0. The van der Waals surface area contributed by atoms with Crippen LogP contribution >= 0.6 is 0 Å². The number of carboxylic acids is 1. The Balaban J connectivity index is 1.79. The van der Waals surface area contributed by atoms with Crippen molar-refractivity contribution in [2.24, 2.45) is 5.92 Å². The number of nitrogens with one attached hydrogen (secondary N) is 1. The van der Waals surface area contributed by atoms with E-state index in [1.165, 1.54) is 37.4 Å². The Kier molecular flexibility index (Phi) is 7.99. The Hall–Kier alpha value is -3.75. The van der Waals surface area contributed by atoms with Gasteiger partial charge in [-0.05, 0) is 60.2 Å². The summed E-state index contributed by atoms with van der Waals surface area (Å²) in [4.78, 5) is 50.7. The van der Waals surface area contributed by atoms with Gasteiger partial charge in [-0.15, -0.1) is 0 Å². The highest BCUT2D eigenvalue weighted by Crippen LogP contribution is 2.27. The number of carbonyl (C=O) groups is 4. The predicted molar refractivity (Wildman–Crippen MR) is 121 cm³/mol. The molecule has 2 N–H and O–H groups in total. The lowest BCUT2D eigenvalue weighted by Gasteiger charge is -2.24. The van der Waals surface area contributed by atoms with Crippen LogP contribution in [0.4, 0.5) is 4.39 Å².